The summed E-state index contributed by atoms with van der Waals surface area (Å²) in [5.41, 5.74) is 1.87. The van der Waals surface area contributed by atoms with Crippen LogP contribution in [0.15, 0.2) is 42.5 Å². The van der Waals surface area contributed by atoms with E-state index in [1.54, 1.807) is 6.07 Å². The van der Waals surface area contributed by atoms with Crippen LogP contribution in [0.25, 0.3) is 0 Å². The summed E-state index contributed by atoms with van der Waals surface area (Å²) in [6, 6.07) is 12.8. The molecule has 2 rings (SSSR count). The first-order valence-corrected chi connectivity index (χ1v) is 6.87. The van der Waals surface area contributed by atoms with E-state index in [9.17, 15) is 4.79 Å². The molecule has 1 aromatic carbocycles. The molecule has 2 N–H and O–H groups in total. The summed E-state index contributed by atoms with van der Waals surface area (Å²) < 4.78 is 5.37. The van der Waals surface area contributed by atoms with E-state index < -0.39 is 0 Å². The van der Waals surface area contributed by atoms with Crippen LogP contribution in [0.1, 0.15) is 18.2 Å². The number of nitrogens with zero attached hydrogens (tertiary/aromatic N) is 1. The van der Waals surface area contributed by atoms with Gasteiger partial charge in [-0.1, -0.05) is 18.2 Å². The lowest BCUT2D eigenvalue weighted by Gasteiger charge is -2.08. The van der Waals surface area contributed by atoms with Gasteiger partial charge in [-0.3, -0.25) is 5.32 Å². The summed E-state index contributed by atoms with van der Waals surface area (Å²) >= 11 is 0. The number of nitrogens with one attached hydrogen (secondary N) is 2. The quantitative estimate of drug-likeness (QED) is 0.887. The molecule has 0 unspecified atom stereocenters. The maximum Gasteiger partial charge on any atom is 0.320 e. The van der Waals surface area contributed by atoms with E-state index in [4.69, 9.17) is 4.74 Å². The Morgan fingerprint density at radius 2 is 1.95 bits per heavy atom. The Hall–Kier alpha value is -2.56. The molecule has 110 valence electrons. The van der Waals surface area contributed by atoms with Crippen LogP contribution < -0.4 is 15.4 Å². The molecule has 1 aromatic heterocycles. The van der Waals surface area contributed by atoms with Gasteiger partial charge in [0.25, 0.3) is 0 Å². The molecular formula is C16H19N3O2. The van der Waals surface area contributed by atoms with E-state index >= 15 is 0 Å². The molecule has 0 aliphatic heterocycles. The Morgan fingerprint density at radius 3 is 2.62 bits per heavy atom. The van der Waals surface area contributed by atoms with Crippen molar-refractivity contribution in [3.05, 3.63) is 53.7 Å². The van der Waals surface area contributed by atoms with Gasteiger partial charge in [0.2, 0.25) is 0 Å². The highest BCUT2D eigenvalue weighted by Crippen LogP contribution is 2.12. The Kier molecular flexibility index (Phi) is 5.15. The summed E-state index contributed by atoms with van der Waals surface area (Å²) in [5, 5.41) is 5.49. The van der Waals surface area contributed by atoms with Crippen LogP contribution >= 0.6 is 0 Å². The van der Waals surface area contributed by atoms with Gasteiger partial charge in [-0.05, 0) is 43.7 Å². The van der Waals surface area contributed by atoms with Crippen molar-refractivity contribution in [2.24, 2.45) is 0 Å². The number of urea groups is 1. The highest BCUT2D eigenvalue weighted by atomic mass is 16.5. The summed E-state index contributed by atoms with van der Waals surface area (Å²) in [4.78, 5) is 16.0. The molecule has 2 aromatic rings. The molecule has 0 aliphatic rings. The number of ether oxygens (including phenoxy) is 1. The van der Waals surface area contributed by atoms with E-state index in [0.29, 0.717) is 19.0 Å². The molecular weight excluding hydrogens is 266 g/mol. The number of aromatic nitrogens is 1. The van der Waals surface area contributed by atoms with Crippen LogP contribution in [0, 0.1) is 6.92 Å². The molecule has 0 saturated carbocycles. The Labute approximate surface area is 124 Å². The zero-order valence-corrected chi connectivity index (χ0v) is 12.2. The molecule has 0 spiro atoms. The van der Waals surface area contributed by atoms with Gasteiger partial charge < -0.3 is 10.1 Å². The van der Waals surface area contributed by atoms with Crippen LogP contribution in [0.5, 0.6) is 5.75 Å². The maximum absolute atomic E-state index is 11.8. The van der Waals surface area contributed by atoms with Crippen LogP contribution in [0.2, 0.25) is 0 Å². The molecule has 5 heteroatoms. The minimum absolute atomic E-state index is 0.276. The number of pyridine rings is 1. The molecule has 0 aliphatic carbocycles. The first-order chi connectivity index (χ1) is 10.2. The van der Waals surface area contributed by atoms with Gasteiger partial charge in [-0.2, -0.15) is 0 Å². The molecule has 1 heterocycles. The van der Waals surface area contributed by atoms with Crippen LogP contribution in [-0.4, -0.2) is 17.6 Å². The Balaban J connectivity index is 1.83. The minimum atomic E-state index is -0.276. The number of hydrogen-bond donors (Lipinski definition) is 2. The predicted molar refractivity (Wildman–Crippen MR) is 82.4 cm³/mol. The van der Waals surface area contributed by atoms with Crippen molar-refractivity contribution in [3.8, 4) is 5.75 Å². The third-order valence-corrected chi connectivity index (χ3v) is 2.82. The zero-order valence-electron chi connectivity index (χ0n) is 12.2. The number of amides is 2. The zero-order chi connectivity index (χ0) is 15.1. The van der Waals surface area contributed by atoms with Gasteiger partial charge in [0.1, 0.15) is 11.6 Å². The molecule has 0 bridgehead atoms. The van der Waals surface area contributed by atoms with Gasteiger partial charge in [0, 0.05) is 12.2 Å². The summed E-state index contributed by atoms with van der Waals surface area (Å²) in [5.74, 6) is 1.37. The maximum atomic E-state index is 11.8. The van der Waals surface area contributed by atoms with Crippen molar-refractivity contribution in [2.45, 2.75) is 20.4 Å². The fourth-order valence-corrected chi connectivity index (χ4v) is 1.83. The first-order valence-electron chi connectivity index (χ1n) is 6.87. The topological polar surface area (TPSA) is 63.2 Å². The van der Waals surface area contributed by atoms with Crippen molar-refractivity contribution in [1.29, 1.82) is 0 Å². The molecule has 21 heavy (non-hydrogen) atoms. The fourth-order valence-electron chi connectivity index (χ4n) is 1.83. The predicted octanol–water partition coefficient (Wildman–Crippen LogP) is 3.11. The van der Waals surface area contributed by atoms with E-state index in [1.165, 1.54) is 0 Å². The number of hydrogen-bond acceptors (Lipinski definition) is 3. The second-order valence-electron chi connectivity index (χ2n) is 4.55. The van der Waals surface area contributed by atoms with Crippen molar-refractivity contribution >= 4 is 11.8 Å². The third-order valence-electron chi connectivity index (χ3n) is 2.82. The van der Waals surface area contributed by atoms with Gasteiger partial charge >= 0.3 is 6.03 Å². The standard InChI is InChI=1S/C16H19N3O2/c1-3-21-14-9-7-13(8-10-14)11-17-16(20)19-15-6-4-5-12(2)18-15/h4-10H,3,11H2,1-2H3,(H2,17,18,19,20). The fraction of sp³-hybridized carbons (Fsp3) is 0.250. The number of carbonyl (C=O) groups is 1. The second-order valence-corrected chi connectivity index (χ2v) is 4.55. The van der Waals surface area contributed by atoms with Gasteiger partial charge in [-0.25, -0.2) is 9.78 Å². The summed E-state index contributed by atoms with van der Waals surface area (Å²) in [6.07, 6.45) is 0. The highest BCUT2D eigenvalue weighted by Gasteiger charge is 2.03. The molecule has 5 nitrogen and oxygen atoms in total. The van der Waals surface area contributed by atoms with E-state index in [0.717, 1.165) is 17.0 Å². The van der Waals surface area contributed by atoms with E-state index in [1.807, 2.05) is 50.2 Å². The number of rotatable bonds is 5. The monoisotopic (exact) mass is 285 g/mol. The lowest BCUT2D eigenvalue weighted by atomic mass is 10.2. The van der Waals surface area contributed by atoms with E-state index in [2.05, 4.69) is 15.6 Å². The lowest BCUT2D eigenvalue weighted by molar-refractivity contribution is 0.251. The molecule has 0 radical (unpaired) electrons. The van der Waals surface area contributed by atoms with Crippen LogP contribution in [0.4, 0.5) is 10.6 Å². The Morgan fingerprint density at radius 1 is 1.19 bits per heavy atom. The SMILES string of the molecule is CCOc1ccc(CNC(=O)Nc2cccc(C)n2)cc1. The highest BCUT2D eigenvalue weighted by molar-refractivity contribution is 5.88. The largest absolute Gasteiger partial charge is 0.494 e. The minimum Gasteiger partial charge on any atom is -0.494 e. The van der Waals surface area contributed by atoms with Gasteiger partial charge in [-0.15, -0.1) is 0 Å². The average Bonchev–Trinajstić information content (AvgIpc) is 2.47. The Bertz CT molecular complexity index is 597. The number of carbonyl (C=O) groups excluding carboxylic acids is 1. The number of aryl methyl sites for hydroxylation is 1. The lowest BCUT2D eigenvalue weighted by Crippen LogP contribution is -2.28. The molecule has 0 saturated heterocycles. The molecule has 0 atom stereocenters. The number of anilines is 1. The average molecular weight is 285 g/mol. The summed E-state index contributed by atoms with van der Waals surface area (Å²) in [7, 11) is 0. The molecule has 0 fully saturated rings. The van der Waals surface area contributed by atoms with Crippen molar-refractivity contribution in [2.75, 3.05) is 11.9 Å². The van der Waals surface area contributed by atoms with Gasteiger partial charge in [0.15, 0.2) is 0 Å². The number of benzene rings is 1. The normalized spacial score (nSPS) is 10.0. The molecule has 2 amide bonds. The third kappa shape index (κ3) is 4.80. The van der Waals surface area contributed by atoms with Crippen LogP contribution in [-0.2, 0) is 6.54 Å². The van der Waals surface area contributed by atoms with Crippen molar-refractivity contribution in [3.63, 3.8) is 0 Å². The smallest absolute Gasteiger partial charge is 0.320 e. The second kappa shape index (κ2) is 7.28. The van der Waals surface area contributed by atoms with Crippen LogP contribution in [0.3, 0.4) is 0 Å². The van der Waals surface area contributed by atoms with Gasteiger partial charge in [0.05, 0.1) is 6.61 Å². The van der Waals surface area contributed by atoms with Crippen molar-refractivity contribution < 1.29 is 9.53 Å². The first kappa shape index (κ1) is 14.8. The summed E-state index contributed by atoms with van der Waals surface area (Å²) in [6.45, 7) is 4.91. The van der Waals surface area contributed by atoms with E-state index in [-0.39, 0.29) is 6.03 Å². The van der Waals surface area contributed by atoms with Crippen molar-refractivity contribution in [1.82, 2.24) is 10.3 Å².